The maximum atomic E-state index is 11.5. The van der Waals surface area contributed by atoms with Crippen molar-refractivity contribution < 1.29 is 24.8 Å². The van der Waals surface area contributed by atoms with Crippen molar-refractivity contribution in [1.29, 1.82) is 0 Å². The number of aliphatic hydroxyl groups is 1. The van der Waals surface area contributed by atoms with Gasteiger partial charge < -0.3 is 9.84 Å². The first-order valence-corrected chi connectivity index (χ1v) is 5.28. The highest BCUT2D eigenvalue weighted by molar-refractivity contribution is 5.77. The zero-order valence-electron chi connectivity index (χ0n) is 10.4. The summed E-state index contributed by atoms with van der Waals surface area (Å²) in [6.07, 6.45) is -0.799. The molecule has 16 heavy (non-hydrogen) atoms. The van der Waals surface area contributed by atoms with E-state index in [9.17, 15) is 9.90 Å². The summed E-state index contributed by atoms with van der Waals surface area (Å²) >= 11 is 0. The zero-order chi connectivity index (χ0) is 12.7. The number of hydrogen-bond donors (Lipinski definition) is 2. The van der Waals surface area contributed by atoms with Crippen molar-refractivity contribution >= 4 is 5.97 Å². The summed E-state index contributed by atoms with van der Waals surface area (Å²) in [7, 11) is 1.33. The van der Waals surface area contributed by atoms with E-state index in [1.807, 2.05) is 13.8 Å². The van der Waals surface area contributed by atoms with Crippen LogP contribution in [0.3, 0.4) is 0 Å². The van der Waals surface area contributed by atoms with Gasteiger partial charge in [0.25, 0.3) is 0 Å². The SMILES string of the molecule is COC(=O)[C@H]1[C@H](C(OO)C(C)(C)O)C1(C)C. The van der Waals surface area contributed by atoms with Crippen LogP contribution in [0.1, 0.15) is 27.7 Å². The van der Waals surface area contributed by atoms with Crippen LogP contribution in [0.25, 0.3) is 0 Å². The minimum absolute atomic E-state index is 0.245. The monoisotopic (exact) mass is 232 g/mol. The molecular weight excluding hydrogens is 212 g/mol. The Bertz CT molecular complexity index is 279. The maximum Gasteiger partial charge on any atom is 0.309 e. The highest BCUT2D eigenvalue weighted by atomic mass is 17.1. The number of carbonyl (C=O) groups is 1. The Morgan fingerprint density at radius 1 is 1.44 bits per heavy atom. The van der Waals surface area contributed by atoms with Gasteiger partial charge in [-0.1, -0.05) is 13.8 Å². The minimum atomic E-state index is -1.21. The van der Waals surface area contributed by atoms with Gasteiger partial charge in [0.1, 0.15) is 6.10 Å². The van der Waals surface area contributed by atoms with E-state index in [0.717, 1.165) is 0 Å². The van der Waals surface area contributed by atoms with Crippen LogP contribution in [0.5, 0.6) is 0 Å². The molecule has 1 unspecified atom stereocenters. The zero-order valence-corrected chi connectivity index (χ0v) is 10.4. The molecule has 1 aliphatic carbocycles. The van der Waals surface area contributed by atoms with Gasteiger partial charge in [0.05, 0.1) is 18.6 Å². The number of rotatable bonds is 4. The lowest BCUT2D eigenvalue weighted by molar-refractivity contribution is -0.317. The second-order valence-corrected chi connectivity index (χ2v) is 5.53. The van der Waals surface area contributed by atoms with E-state index in [1.165, 1.54) is 21.0 Å². The first-order chi connectivity index (χ1) is 7.17. The molecule has 5 heteroatoms. The Labute approximate surface area is 95.3 Å². The smallest absolute Gasteiger partial charge is 0.309 e. The number of carbonyl (C=O) groups excluding carboxylic acids is 1. The minimum Gasteiger partial charge on any atom is -0.469 e. The number of ether oxygens (including phenoxy) is 1. The lowest BCUT2D eigenvalue weighted by atomic mass is 9.93. The summed E-state index contributed by atoms with van der Waals surface area (Å²) < 4.78 is 4.69. The normalized spacial score (nSPS) is 29.7. The van der Waals surface area contributed by atoms with Gasteiger partial charge >= 0.3 is 5.97 Å². The van der Waals surface area contributed by atoms with Gasteiger partial charge in [-0.15, -0.1) is 0 Å². The second kappa shape index (κ2) is 3.98. The number of hydrogen-bond acceptors (Lipinski definition) is 5. The molecule has 0 aromatic rings. The lowest BCUT2D eigenvalue weighted by Crippen LogP contribution is -2.40. The van der Waals surface area contributed by atoms with Gasteiger partial charge in [0.15, 0.2) is 0 Å². The first kappa shape index (κ1) is 13.4. The summed E-state index contributed by atoms with van der Waals surface area (Å²) in [6.45, 7) is 6.85. The fourth-order valence-corrected chi connectivity index (χ4v) is 2.45. The van der Waals surface area contributed by atoms with Gasteiger partial charge in [0, 0.05) is 5.92 Å². The Balaban J connectivity index is 2.86. The summed E-state index contributed by atoms with van der Waals surface area (Å²) in [5, 5.41) is 18.7. The van der Waals surface area contributed by atoms with Gasteiger partial charge in [0.2, 0.25) is 0 Å². The average Bonchev–Trinajstić information content (AvgIpc) is 2.67. The molecule has 1 aliphatic rings. The molecular formula is C11H20O5. The van der Waals surface area contributed by atoms with E-state index in [-0.39, 0.29) is 23.2 Å². The van der Waals surface area contributed by atoms with Gasteiger partial charge in [-0.2, -0.15) is 0 Å². The van der Waals surface area contributed by atoms with Crippen molar-refractivity contribution in [3.05, 3.63) is 0 Å². The van der Waals surface area contributed by atoms with Crippen LogP contribution >= 0.6 is 0 Å². The molecule has 0 bridgehead atoms. The van der Waals surface area contributed by atoms with Crippen LogP contribution in [0.2, 0.25) is 0 Å². The Kier molecular flexibility index (Phi) is 3.34. The summed E-state index contributed by atoms with van der Waals surface area (Å²) in [5.74, 6) is -0.924. The maximum absolute atomic E-state index is 11.5. The van der Waals surface area contributed by atoms with Crippen molar-refractivity contribution in [2.75, 3.05) is 7.11 Å². The fourth-order valence-electron chi connectivity index (χ4n) is 2.45. The third-order valence-electron chi connectivity index (χ3n) is 3.50. The topological polar surface area (TPSA) is 76.0 Å². The molecule has 0 spiro atoms. The number of methoxy groups -OCH3 is 1. The van der Waals surface area contributed by atoms with Crippen LogP contribution in [0.15, 0.2) is 0 Å². The lowest BCUT2D eigenvalue weighted by Gasteiger charge is -2.27. The van der Waals surface area contributed by atoms with Crippen LogP contribution in [0, 0.1) is 17.3 Å². The Morgan fingerprint density at radius 2 is 1.94 bits per heavy atom. The van der Waals surface area contributed by atoms with Crippen molar-refractivity contribution in [2.45, 2.75) is 39.4 Å². The molecule has 2 N–H and O–H groups in total. The molecule has 0 heterocycles. The standard InChI is InChI=1S/C11H20O5/c1-10(2)6(7(10)9(12)15-5)8(16-14)11(3,4)13/h6-8,13-14H,1-5H3/t6-,7-,8?/m1/s1. The molecule has 94 valence electrons. The second-order valence-electron chi connectivity index (χ2n) is 5.53. The Morgan fingerprint density at radius 3 is 2.25 bits per heavy atom. The van der Waals surface area contributed by atoms with Crippen LogP contribution in [0.4, 0.5) is 0 Å². The summed E-state index contributed by atoms with van der Waals surface area (Å²) in [4.78, 5) is 15.8. The average molecular weight is 232 g/mol. The third-order valence-corrected chi connectivity index (χ3v) is 3.50. The molecule has 0 radical (unpaired) electrons. The molecule has 0 aliphatic heterocycles. The molecule has 1 rings (SSSR count). The molecule has 0 amide bonds. The van der Waals surface area contributed by atoms with Crippen LogP contribution in [-0.4, -0.2) is 35.1 Å². The highest BCUT2D eigenvalue weighted by Gasteiger charge is 2.68. The molecule has 3 atom stereocenters. The third kappa shape index (κ3) is 2.07. The van der Waals surface area contributed by atoms with E-state index >= 15 is 0 Å². The van der Waals surface area contributed by atoms with E-state index in [1.54, 1.807) is 0 Å². The van der Waals surface area contributed by atoms with E-state index in [2.05, 4.69) is 9.62 Å². The number of esters is 1. The molecule has 1 fully saturated rings. The molecule has 0 saturated heterocycles. The van der Waals surface area contributed by atoms with Crippen LogP contribution in [-0.2, 0) is 14.4 Å². The highest BCUT2D eigenvalue weighted by Crippen LogP contribution is 2.62. The van der Waals surface area contributed by atoms with Crippen LogP contribution < -0.4 is 0 Å². The van der Waals surface area contributed by atoms with Gasteiger partial charge in [-0.25, -0.2) is 4.89 Å². The molecule has 0 aromatic carbocycles. The van der Waals surface area contributed by atoms with Crippen molar-refractivity contribution in [3.8, 4) is 0 Å². The fraction of sp³-hybridized carbons (Fsp3) is 0.909. The Hall–Kier alpha value is -0.650. The van der Waals surface area contributed by atoms with E-state index in [4.69, 9.17) is 5.26 Å². The van der Waals surface area contributed by atoms with Gasteiger partial charge in [-0.05, 0) is 19.3 Å². The predicted molar refractivity (Wildman–Crippen MR) is 56.6 cm³/mol. The molecule has 5 nitrogen and oxygen atoms in total. The summed E-state index contributed by atoms with van der Waals surface area (Å²) in [6, 6.07) is 0. The van der Waals surface area contributed by atoms with E-state index < -0.39 is 11.7 Å². The predicted octanol–water partition coefficient (Wildman–Crippen LogP) is 1.06. The summed E-state index contributed by atoms with van der Waals surface area (Å²) in [5.41, 5.74) is -1.54. The van der Waals surface area contributed by atoms with E-state index in [0.29, 0.717) is 0 Å². The first-order valence-electron chi connectivity index (χ1n) is 5.28. The molecule has 0 aromatic heterocycles. The quantitative estimate of drug-likeness (QED) is 0.430. The van der Waals surface area contributed by atoms with Crippen molar-refractivity contribution in [3.63, 3.8) is 0 Å². The van der Waals surface area contributed by atoms with Crippen molar-refractivity contribution in [2.24, 2.45) is 17.3 Å². The largest absolute Gasteiger partial charge is 0.469 e. The van der Waals surface area contributed by atoms with Crippen molar-refractivity contribution in [1.82, 2.24) is 0 Å². The van der Waals surface area contributed by atoms with Gasteiger partial charge in [-0.3, -0.25) is 10.1 Å². The molecule has 1 saturated carbocycles.